The van der Waals surface area contributed by atoms with Crippen LogP contribution < -0.4 is 11.3 Å². The lowest BCUT2D eigenvalue weighted by molar-refractivity contribution is 0.700. The maximum Gasteiger partial charge on any atom is 0.260 e. The normalized spacial score (nSPS) is 14.3. The Hall–Kier alpha value is -2.28. The lowest BCUT2D eigenvalue weighted by Crippen LogP contribution is -2.11. The molecular formula is C14H13N5OS. The summed E-state index contributed by atoms with van der Waals surface area (Å²) in [7, 11) is 0. The highest BCUT2D eigenvalue weighted by atomic mass is 32.1. The maximum atomic E-state index is 12.4. The molecule has 0 aromatic carbocycles. The number of hydrogen-bond acceptors (Lipinski definition) is 6. The molecule has 0 spiro atoms. The van der Waals surface area contributed by atoms with Gasteiger partial charge < -0.3 is 10.7 Å². The summed E-state index contributed by atoms with van der Waals surface area (Å²) in [5, 5.41) is 0.750. The van der Waals surface area contributed by atoms with Crippen LogP contribution >= 0.6 is 11.3 Å². The molecule has 0 aliphatic heterocycles. The standard InChI is InChI=1S/C14H13N5OS/c15-10-5-8(16-6-17-10)12-18-13(20)11-7-3-1-2-4-9(7)21-14(11)19-12/h5-6H,1-4H2,(H2,15,16,17)(H,18,19,20). The lowest BCUT2D eigenvalue weighted by atomic mass is 9.97. The van der Waals surface area contributed by atoms with E-state index in [-0.39, 0.29) is 5.56 Å². The Morgan fingerprint density at radius 1 is 1.24 bits per heavy atom. The van der Waals surface area contributed by atoms with Crippen LogP contribution in [-0.2, 0) is 12.8 Å². The van der Waals surface area contributed by atoms with Crippen LogP contribution in [0.25, 0.3) is 21.7 Å². The molecule has 4 rings (SSSR count). The first-order valence-electron chi connectivity index (χ1n) is 6.85. The lowest BCUT2D eigenvalue weighted by Gasteiger charge is -2.09. The molecule has 3 heterocycles. The second-order valence-electron chi connectivity index (χ2n) is 5.13. The van der Waals surface area contributed by atoms with Crippen LogP contribution in [0.2, 0.25) is 0 Å². The van der Waals surface area contributed by atoms with Gasteiger partial charge in [-0.25, -0.2) is 15.0 Å². The van der Waals surface area contributed by atoms with Crippen LogP contribution in [0.15, 0.2) is 17.2 Å². The fraction of sp³-hybridized carbons (Fsp3) is 0.286. The van der Waals surface area contributed by atoms with Crippen LogP contribution in [0.4, 0.5) is 5.82 Å². The first kappa shape index (κ1) is 12.5. The number of nitrogen functional groups attached to an aromatic ring is 1. The van der Waals surface area contributed by atoms with Gasteiger partial charge in [0, 0.05) is 10.9 Å². The molecule has 7 heteroatoms. The van der Waals surface area contributed by atoms with E-state index >= 15 is 0 Å². The third kappa shape index (κ3) is 2.01. The van der Waals surface area contributed by atoms with E-state index in [1.165, 1.54) is 23.2 Å². The molecule has 6 nitrogen and oxygen atoms in total. The molecule has 1 aliphatic rings. The number of nitrogens with zero attached hydrogens (tertiary/aromatic N) is 3. The number of aromatic amines is 1. The number of nitrogens with two attached hydrogens (primary N) is 1. The van der Waals surface area contributed by atoms with Crippen molar-refractivity contribution in [1.29, 1.82) is 0 Å². The van der Waals surface area contributed by atoms with Crippen molar-refractivity contribution in [3.05, 3.63) is 33.2 Å². The molecule has 21 heavy (non-hydrogen) atoms. The Morgan fingerprint density at radius 3 is 2.95 bits per heavy atom. The molecule has 0 amide bonds. The van der Waals surface area contributed by atoms with Gasteiger partial charge >= 0.3 is 0 Å². The number of H-pyrrole nitrogens is 1. The number of hydrogen-bond donors (Lipinski definition) is 2. The van der Waals surface area contributed by atoms with Crippen molar-refractivity contribution in [2.24, 2.45) is 0 Å². The molecule has 3 aromatic rings. The molecule has 0 bridgehead atoms. The van der Waals surface area contributed by atoms with Crippen molar-refractivity contribution in [2.45, 2.75) is 25.7 Å². The molecule has 0 radical (unpaired) electrons. The van der Waals surface area contributed by atoms with Crippen molar-refractivity contribution in [1.82, 2.24) is 19.9 Å². The maximum absolute atomic E-state index is 12.4. The molecule has 0 unspecified atom stereocenters. The summed E-state index contributed by atoms with van der Waals surface area (Å²) in [5.41, 5.74) is 7.29. The summed E-state index contributed by atoms with van der Waals surface area (Å²) in [4.78, 5) is 29.9. The molecule has 1 aliphatic carbocycles. The van der Waals surface area contributed by atoms with Crippen LogP contribution in [0.5, 0.6) is 0 Å². The smallest absolute Gasteiger partial charge is 0.260 e. The molecule has 0 saturated heterocycles. The number of aromatic nitrogens is 4. The van der Waals surface area contributed by atoms with E-state index in [4.69, 9.17) is 5.73 Å². The number of anilines is 1. The molecular weight excluding hydrogens is 286 g/mol. The van der Waals surface area contributed by atoms with E-state index in [9.17, 15) is 4.79 Å². The Morgan fingerprint density at radius 2 is 2.10 bits per heavy atom. The largest absolute Gasteiger partial charge is 0.384 e. The van der Waals surface area contributed by atoms with Gasteiger partial charge in [-0.3, -0.25) is 4.79 Å². The Balaban J connectivity index is 1.96. The molecule has 3 aromatic heterocycles. The van der Waals surface area contributed by atoms with Crippen molar-refractivity contribution < 1.29 is 0 Å². The van der Waals surface area contributed by atoms with Crippen LogP contribution in [0, 0.1) is 0 Å². The van der Waals surface area contributed by atoms with E-state index in [1.54, 1.807) is 17.4 Å². The SMILES string of the molecule is Nc1cc(-c2nc3sc4c(c3c(=O)[nH]2)CCCC4)ncn1. The summed E-state index contributed by atoms with van der Waals surface area (Å²) in [5.74, 6) is 0.799. The van der Waals surface area contributed by atoms with Crippen LogP contribution in [0.3, 0.4) is 0 Å². The average molecular weight is 299 g/mol. The highest BCUT2D eigenvalue weighted by molar-refractivity contribution is 7.18. The minimum atomic E-state index is -0.0911. The van der Waals surface area contributed by atoms with Crippen molar-refractivity contribution >= 4 is 27.4 Å². The number of nitrogens with one attached hydrogen (secondary N) is 1. The number of thiophene rings is 1. The van der Waals surface area contributed by atoms with E-state index in [1.807, 2.05) is 0 Å². The van der Waals surface area contributed by atoms with E-state index in [0.717, 1.165) is 29.5 Å². The zero-order valence-electron chi connectivity index (χ0n) is 11.2. The Labute approximate surface area is 124 Å². The quantitative estimate of drug-likeness (QED) is 0.715. The van der Waals surface area contributed by atoms with Gasteiger partial charge in [0.05, 0.1) is 5.39 Å². The van der Waals surface area contributed by atoms with E-state index < -0.39 is 0 Å². The van der Waals surface area contributed by atoms with Gasteiger partial charge in [0.2, 0.25) is 0 Å². The predicted octanol–water partition coefficient (Wildman–Crippen LogP) is 1.90. The number of rotatable bonds is 1. The second-order valence-corrected chi connectivity index (χ2v) is 6.22. The zero-order chi connectivity index (χ0) is 14.4. The van der Waals surface area contributed by atoms with Gasteiger partial charge in [0.25, 0.3) is 5.56 Å². The summed E-state index contributed by atoms with van der Waals surface area (Å²) < 4.78 is 0. The minimum Gasteiger partial charge on any atom is -0.384 e. The van der Waals surface area contributed by atoms with Gasteiger partial charge in [-0.1, -0.05) is 0 Å². The average Bonchev–Trinajstić information content (AvgIpc) is 2.86. The van der Waals surface area contributed by atoms with Gasteiger partial charge in [-0.2, -0.15) is 0 Å². The van der Waals surface area contributed by atoms with Crippen LogP contribution in [-0.4, -0.2) is 19.9 Å². The number of fused-ring (bicyclic) bond motifs is 3. The highest BCUT2D eigenvalue weighted by Crippen LogP contribution is 2.34. The van der Waals surface area contributed by atoms with Gasteiger partial charge in [-0.15, -0.1) is 11.3 Å². The fourth-order valence-electron chi connectivity index (χ4n) is 2.79. The Bertz CT molecular complexity index is 898. The predicted molar refractivity (Wildman–Crippen MR) is 82.3 cm³/mol. The third-order valence-electron chi connectivity index (χ3n) is 3.76. The van der Waals surface area contributed by atoms with Crippen molar-refractivity contribution in [3.8, 4) is 11.5 Å². The summed E-state index contributed by atoms with van der Waals surface area (Å²) in [6.07, 6.45) is 5.72. The topological polar surface area (TPSA) is 97.5 Å². The molecule has 106 valence electrons. The summed E-state index contributed by atoms with van der Waals surface area (Å²) >= 11 is 1.62. The van der Waals surface area contributed by atoms with Gasteiger partial charge in [0.15, 0.2) is 5.82 Å². The van der Waals surface area contributed by atoms with E-state index in [0.29, 0.717) is 17.3 Å². The summed E-state index contributed by atoms with van der Waals surface area (Å²) in [6.45, 7) is 0. The minimum absolute atomic E-state index is 0.0911. The summed E-state index contributed by atoms with van der Waals surface area (Å²) in [6, 6.07) is 1.61. The van der Waals surface area contributed by atoms with Gasteiger partial charge in [0.1, 0.15) is 22.7 Å². The van der Waals surface area contributed by atoms with Crippen molar-refractivity contribution in [2.75, 3.05) is 5.73 Å². The first-order chi connectivity index (χ1) is 10.2. The van der Waals surface area contributed by atoms with Gasteiger partial charge in [-0.05, 0) is 31.2 Å². The second kappa shape index (κ2) is 4.63. The molecule has 3 N–H and O–H groups in total. The highest BCUT2D eigenvalue weighted by Gasteiger charge is 2.20. The first-order valence-corrected chi connectivity index (χ1v) is 7.66. The van der Waals surface area contributed by atoms with Crippen molar-refractivity contribution in [3.63, 3.8) is 0 Å². The molecule has 0 saturated carbocycles. The zero-order valence-corrected chi connectivity index (χ0v) is 12.0. The monoisotopic (exact) mass is 299 g/mol. The fourth-order valence-corrected chi connectivity index (χ4v) is 4.05. The van der Waals surface area contributed by atoms with Crippen LogP contribution in [0.1, 0.15) is 23.3 Å². The third-order valence-corrected chi connectivity index (χ3v) is 4.94. The molecule has 0 atom stereocenters. The van der Waals surface area contributed by atoms with E-state index in [2.05, 4.69) is 19.9 Å². The molecule has 0 fully saturated rings. The Kier molecular flexibility index (Phi) is 2.75. The number of aryl methyl sites for hydroxylation is 2.